The summed E-state index contributed by atoms with van der Waals surface area (Å²) in [6.45, 7) is 9.37. The van der Waals surface area contributed by atoms with E-state index in [1.165, 1.54) is 37.2 Å². The molecule has 1 heterocycles. The van der Waals surface area contributed by atoms with Gasteiger partial charge in [0.2, 0.25) is 0 Å². The lowest BCUT2D eigenvalue weighted by molar-refractivity contribution is 0.280. The Morgan fingerprint density at radius 1 is 1.16 bits per heavy atom. The molecule has 0 saturated carbocycles. The smallest absolute Gasteiger partial charge is 0.0366 e. The van der Waals surface area contributed by atoms with Gasteiger partial charge in [-0.1, -0.05) is 32.9 Å². The quantitative estimate of drug-likeness (QED) is 0.881. The van der Waals surface area contributed by atoms with E-state index in [0.29, 0.717) is 11.5 Å². The summed E-state index contributed by atoms with van der Waals surface area (Å²) < 4.78 is 0. The molecule has 1 saturated heterocycles. The molecule has 1 aromatic rings. The highest BCUT2D eigenvalue weighted by Gasteiger charge is 2.25. The molecule has 1 fully saturated rings. The molecule has 1 aliphatic heterocycles. The molecule has 1 aromatic carbocycles. The predicted octanol–water partition coefficient (Wildman–Crippen LogP) is 3.98. The van der Waals surface area contributed by atoms with E-state index < -0.39 is 0 Å². The van der Waals surface area contributed by atoms with Crippen molar-refractivity contribution in [3.05, 3.63) is 29.8 Å². The van der Waals surface area contributed by atoms with Gasteiger partial charge in [0.25, 0.3) is 0 Å². The van der Waals surface area contributed by atoms with Crippen LogP contribution in [0.2, 0.25) is 0 Å². The molecular weight excluding hydrogens is 232 g/mol. The van der Waals surface area contributed by atoms with E-state index in [1.807, 2.05) is 7.05 Å². The van der Waals surface area contributed by atoms with Gasteiger partial charge >= 0.3 is 0 Å². The molecule has 19 heavy (non-hydrogen) atoms. The monoisotopic (exact) mass is 260 g/mol. The van der Waals surface area contributed by atoms with Crippen LogP contribution in [0.5, 0.6) is 0 Å². The zero-order chi connectivity index (χ0) is 13.9. The van der Waals surface area contributed by atoms with Crippen LogP contribution in [-0.2, 0) is 0 Å². The zero-order valence-electron chi connectivity index (χ0n) is 12.9. The van der Waals surface area contributed by atoms with Crippen LogP contribution in [0.25, 0.3) is 0 Å². The number of hydrogen-bond donors (Lipinski definition) is 1. The van der Waals surface area contributed by atoms with E-state index in [1.54, 1.807) is 0 Å². The largest absolute Gasteiger partial charge is 0.371 e. The third-order valence-electron chi connectivity index (χ3n) is 4.53. The van der Waals surface area contributed by atoms with Crippen LogP contribution in [0.4, 0.5) is 5.69 Å². The minimum Gasteiger partial charge on any atom is -0.371 e. The van der Waals surface area contributed by atoms with Crippen molar-refractivity contribution in [2.75, 3.05) is 25.0 Å². The Hall–Kier alpha value is -1.02. The first kappa shape index (κ1) is 14.4. The second kappa shape index (κ2) is 5.96. The maximum absolute atomic E-state index is 3.36. The number of piperidine rings is 1. The summed E-state index contributed by atoms with van der Waals surface area (Å²) in [5.41, 5.74) is 3.30. The fourth-order valence-corrected chi connectivity index (χ4v) is 2.89. The first-order valence-electron chi connectivity index (χ1n) is 7.58. The minimum absolute atomic E-state index is 0.481. The van der Waals surface area contributed by atoms with Crippen LogP contribution < -0.4 is 10.2 Å². The third-order valence-corrected chi connectivity index (χ3v) is 4.53. The second-order valence-electron chi connectivity index (χ2n) is 6.49. The molecule has 1 atom stereocenters. The van der Waals surface area contributed by atoms with Crippen LogP contribution in [0.15, 0.2) is 24.3 Å². The highest BCUT2D eigenvalue weighted by molar-refractivity contribution is 5.48. The van der Waals surface area contributed by atoms with Crippen molar-refractivity contribution in [3.63, 3.8) is 0 Å². The Kier molecular flexibility index (Phi) is 4.51. The molecule has 106 valence electrons. The van der Waals surface area contributed by atoms with Crippen LogP contribution in [-0.4, -0.2) is 20.1 Å². The number of nitrogens with one attached hydrogen (secondary N) is 1. The molecule has 0 amide bonds. The van der Waals surface area contributed by atoms with Crippen molar-refractivity contribution >= 4 is 5.69 Å². The fraction of sp³-hybridized carbons (Fsp3) is 0.647. The summed E-state index contributed by atoms with van der Waals surface area (Å²) >= 11 is 0. The van der Waals surface area contributed by atoms with E-state index in [0.717, 1.165) is 6.42 Å². The average molecular weight is 260 g/mol. The Morgan fingerprint density at radius 3 is 2.21 bits per heavy atom. The number of hydrogen-bond acceptors (Lipinski definition) is 2. The fourth-order valence-electron chi connectivity index (χ4n) is 2.89. The summed E-state index contributed by atoms with van der Waals surface area (Å²) in [6.07, 6.45) is 3.72. The normalized spacial score (nSPS) is 20.3. The van der Waals surface area contributed by atoms with Gasteiger partial charge in [-0.25, -0.2) is 0 Å². The topological polar surface area (TPSA) is 15.3 Å². The number of rotatable bonds is 4. The van der Waals surface area contributed by atoms with Gasteiger partial charge in [0.1, 0.15) is 0 Å². The Morgan fingerprint density at radius 2 is 1.74 bits per heavy atom. The van der Waals surface area contributed by atoms with Crippen LogP contribution in [0.3, 0.4) is 0 Å². The van der Waals surface area contributed by atoms with Crippen molar-refractivity contribution < 1.29 is 0 Å². The highest BCUT2D eigenvalue weighted by atomic mass is 15.1. The first-order chi connectivity index (χ1) is 9.05. The Labute approximate surface area is 118 Å². The minimum atomic E-state index is 0.481. The molecule has 1 unspecified atom stereocenters. The van der Waals surface area contributed by atoms with Gasteiger partial charge in [-0.05, 0) is 49.4 Å². The summed E-state index contributed by atoms with van der Waals surface area (Å²) in [5.74, 6) is 0. The lowest BCUT2D eigenvalue weighted by atomic mass is 9.82. The standard InChI is InChI=1S/C17H28N2/c1-5-16(18-4)14-6-8-15(9-7-14)19-12-10-17(2,3)11-13-19/h6-9,16,18H,5,10-13H2,1-4H3. The summed E-state index contributed by atoms with van der Waals surface area (Å²) in [6, 6.07) is 9.61. The number of nitrogens with zero attached hydrogens (tertiary/aromatic N) is 1. The lowest BCUT2D eigenvalue weighted by Gasteiger charge is -2.38. The van der Waals surface area contributed by atoms with Gasteiger partial charge in [0.15, 0.2) is 0 Å². The molecule has 1 aliphatic rings. The first-order valence-corrected chi connectivity index (χ1v) is 7.58. The lowest BCUT2D eigenvalue weighted by Crippen LogP contribution is -2.37. The molecule has 2 rings (SSSR count). The van der Waals surface area contributed by atoms with E-state index >= 15 is 0 Å². The maximum Gasteiger partial charge on any atom is 0.0366 e. The van der Waals surface area contributed by atoms with E-state index in [2.05, 4.69) is 55.3 Å². The van der Waals surface area contributed by atoms with Crippen molar-refractivity contribution in [2.45, 2.75) is 46.1 Å². The second-order valence-corrected chi connectivity index (χ2v) is 6.49. The van der Waals surface area contributed by atoms with Crippen molar-refractivity contribution in [3.8, 4) is 0 Å². The van der Waals surface area contributed by atoms with Gasteiger partial charge < -0.3 is 10.2 Å². The van der Waals surface area contributed by atoms with Gasteiger partial charge in [-0.15, -0.1) is 0 Å². The molecule has 0 spiro atoms. The molecule has 0 bridgehead atoms. The van der Waals surface area contributed by atoms with E-state index in [-0.39, 0.29) is 0 Å². The summed E-state index contributed by atoms with van der Waals surface area (Å²) in [4.78, 5) is 2.52. The van der Waals surface area contributed by atoms with Crippen molar-refractivity contribution in [2.24, 2.45) is 5.41 Å². The third kappa shape index (κ3) is 3.50. The zero-order valence-corrected chi connectivity index (χ0v) is 12.9. The van der Waals surface area contributed by atoms with Gasteiger partial charge in [-0.2, -0.15) is 0 Å². The summed E-state index contributed by atoms with van der Waals surface area (Å²) in [5, 5.41) is 3.36. The van der Waals surface area contributed by atoms with Gasteiger partial charge in [-0.3, -0.25) is 0 Å². The van der Waals surface area contributed by atoms with Gasteiger partial charge in [0, 0.05) is 24.8 Å². The van der Waals surface area contributed by atoms with Crippen molar-refractivity contribution in [1.82, 2.24) is 5.32 Å². The van der Waals surface area contributed by atoms with Crippen molar-refractivity contribution in [1.29, 1.82) is 0 Å². The van der Waals surface area contributed by atoms with E-state index in [9.17, 15) is 0 Å². The molecule has 0 aromatic heterocycles. The molecule has 2 nitrogen and oxygen atoms in total. The number of anilines is 1. The number of benzene rings is 1. The predicted molar refractivity (Wildman–Crippen MR) is 83.8 cm³/mol. The SMILES string of the molecule is CCC(NC)c1ccc(N2CCC(C)(C)CC2)cc1. The van der Waals surface area contributed by atoms with Crippen LogP contribution in [0, 0.1) is 5.41 Å². The highest BCUT2D eigenvalue weighted by Crippen LogP contribution is 2.32. The molecule has 1 N–H and O–H groups in total. The molecule has 0 aliphatic carbocycles. The average Bonchev–Trinajstić information content (AvgIpc) is 2.41. The Balaban J connectivity index is 2.03. The molecule has 2 heteroatoms. The molecular formula is C17H28N2. The Bertz CT molecular complexity index is 380. The molecule has 0 radical (unpaired) electrons. The van der Waals surface area contributed by atoms with Crippen LogP contribution in [0.1, 0.15) is 51.6 Å². The summed E-state index contributed by atoms with van der Waals surface area (Å²) in [7, 11) is 2.04. The van der Waals surface area contributed by atoms with Gasteiger partial charge in [0.05, 0.1) is 0 Å². The maximum atomic E-state index is 3.36. The van der Waals surface area contributed by atoms with Crippen LogP contribution >= 0.6 is 0 Å². The van der Waals surface area contributed by atoms with E-state index in [4.69, 9.17) is 0 Å².